The normalized spacial score (nSPS) is 19.7. The fourth-order valence-electron chi connectivity index (χ4n) is 2.31. The molecular weight excluding hydrogens is 228 g/mol. The van der Waals surface area contributed by atoms with Gasteiger partial charge in [0.1, 0.15) is 5.82 Å². The van der Waals surface area contributed by atoms with Gasteiger partial charge in [0.2, 0.25) is 0 Å². The van der Waals surface area contributed by atoms with Crippen molar-refractivity contribution in [1.82, 2.24) is 19.9 Å². The number of nitrogens with zero attached hydrogens (tertiary/aromatic N) is 3. The fraction of sp³-hybridized carbons (Fsp3) is 0.538. The second kappa shape index (κ2) is 5.46. The van der Waals surface area contributed by atoms with Crippen molar-refractivity contribution in [1.29, 1.82) is 0 Å². The van der Waals surface area contributed by atoms with Crippen LogP contribution in [0.3, 0.4) is 0 Å². The lowest BCUT2D eigenvalue weighted by atomic mass is 10.2. The molecule has 0 amide bonds. The number of rotatable bonds is 5. The molecule has 0 aliphatic carbocycles. The van der Waals surface area contributed by atoms with Crippen molar-refractivity contribution in [2.75, 3.05) is 19.8 Å². The molecule has 1 saturated heterocycles. The van der Waals surface area contributed by atoms with Gasteiger partial charge in [-0.05, 0) is 31.5 Å². The third-order valence-electron chi connectivity index (χ3n) is 3.32. The van der Waals surface area contributed by atoms with Crippen molar-refractivity contribution >= 4 is 5.65 Å². The predicted octanol–water partition coefficient (Wildman–Crippen LogP) is 1.04. The molecule has 3 heterocycles. The summed E-state index contributed by atoms with van der Waals surface area (Å²) in [5, 5.41) is 11.9. The van der Waals surface area contributed by atoms with Gasteiger partial charge in [0.15, 0.2) is 5.65 Å². The van der Waals surface area contributed by atoms with Crippen LogP contribution < -0.4 is 5.32 Å². The maximum absolute atomic E-state index is 5.33. The summed E-state index contributed by atoms with van der Waals surface area (Å²) in [5.41, 5.74) is 0.921. The van der Waals surface area contributed by atoms with E-state index in [-0.39, 0.29) is 0 Å². The predicted molar refractivity (Wildman–Crippen MR) is 68.5 cm³/mol. The van der Waals surface area contributed by atoms with Gasteiger partial charge in [-0.2, -0.15) is 0 Å². The number of pyridine rings is 1. The molecule has 5 nitrogen and oxygen atoms in total. The highest BCUT2D eigenvalue weighted by molar-refractivity contribution is 5.36. The molecule has 0 saturated carbocycles. The maximum atomic E-state index is 5.33. The first-order valence-electron chi connectivity index (χ1n) is 6.53. The smallest absolute Gasteiger partial charge is 0.160 e. The second-order valence-corrected chi connectivity index (χ2v) is 4.66. The summed E-state index contributed by atoms with van der Waals surface area (Å²) in [4.78, 5) is 0. The van der Waals surface area contributed by atoms with Crippen molar-refractivity contribution in [2.24, 2.45) is 0 Å². The van der Waals surface area contributed by atoms with E-state index in [1.165, 1.54) is 0 Å². The summed E-state index contributed by atoms with van der Waals surface area (Å²) in [7, 11) is 0. The molecule has 1 atom stereocenters. The summed E-state index contributed by atoms with van der Waals surface area (Å²) in [6, 6.07) is 6.51. The summed E-state index contributed by atoms with van der Waals surface area (Å²) in [6.45, 7) is 2.76. The number of aryl methyl sites for hydroxylation is 1. The average molecular weight is 246 g/mol. The lowest BCUT2D eigenvalue weighted by Crippen LogP contribution is -2.30. The third kappa shape index (κ3) is 2.52. The van der Waals surface area contributed by atoms with E-state index in [0.717, 1.165) is 50.5 Å². The molecule has 18 heavy (non-hydrogen) atoms. The Morgan fingerprint density at radius 3 is 3.28 bits per heavy atom. The first-order chi connectivity index (χ1) is 8.93. The molecule has 0 bridgehead atoms. The molecule has 1 fully saturated rings. The van der Waals surface area contributed by atoms with Crippen LogP contribution in [-0.2, 0) is 11.2 Å². The third-order valence-corrected chi connectivity index (χ3v) is 3.32. The van der Waals surface area contributed by atoms with Crippen molar-refractivity contribution in [2.45, 2.75) is 25.3 Å². The van der Waals surface area contributed by atoms with Gasteiger partial charge in [-0.25, -0.2) is 0 Å². The maximum Gasteiger partial charge on any atom is 0.160 e. The Hall–Kier alpha value is -1.46. The molecule has 1 N–H and O–H groups in total. The highest BCUT2D eigenvalue weighted by atomic mass is 16.5. The Morgan fingerprint density at radius 2 is 2.39 bits per heavy atom. The van der Waals surface area contributed by atoms with E-state index in [9.17, 15) is 0 Å². The molecule has 0 aromatic carbocycles. The Labute approximate surface area is 106 Å². The lowest BCUT2D eigenvalue weighted by molar-refractivity contribution is 0.190. The highest BCUT2D eigenvalue weighted by Gasteiger charge is 2.14. The number of aromatic nitrogens is 3. The average Bonchev–Trinajstić information content (AvgIpc) is 3.04. The first-order valence-corrected chi connectivity index (χ1v) is 6.53. The number of nitrogens with one attached hydrogen (secondary N) is 1. The zero-order chi connectivity index (χ0) is 12.2. The molecule has 96 valence electrons. The van der Waals surface area contributed by atoms with E-state index in [4.69, 9.17) is 4.74 Å². The monoisotopic (exact) mass is 246 g/mol. The number of hydrogen-bond donors (Lipinski definition) is 1. The van der Waals surface area contributed by atoms with Crippen molar-refractivity contribution in [3.8, 4) is 0 Å². The first kappa shape index (κ1) is 11.6. The van der Waals surface area contributed by atoms with Crippen LogP contribution in [0.2, 0.25) is 0 Å². The molecule has 2 aromatic rings. The van der Waals surface area contributed by atoms with Crippen LogP contribution in [0.25, 0.3) is 5.65 Å². The largest absolute Gasteiger partial charge is 0.380 e. The topological polar surface area (TPSA) is 51.5 Å². The summed E-state index contributed by atoms with van der Waals surface area (Å²) >= 11 is 0. The van der Waals surface area contributed by atoms with Crippen LogP contribution in [0.15, 0.2) is 24.4 Å². The SMILES string of the molecule is c1ccn2c(CCCNC3CCOC3)nnc2c1. The van der Waals surface area contributed by atoms with Gasteiger partial charge in [0.25, 0.3) is 0 Å². The number of fused-ring (bicyclic) bond motifs is 1. The summed E-state index contributed by atoms with van der Waals surface area (Å²) in [6.07, 6.45) is 5.18. The van der Waals surface area contributed by atoms with Gasteiger partial charge in [-0.1, -0.05) is 6.07 Å². The molecular formula is C13H18N4O. The van der Waals surface area contributed by atoms with Gasteiger partial charge < -0.3 is 10.1 Å². The van der Waals surface area contributed by atoms with Crippen LogP contribution in [0.5, 0.6) is 0 Å². The van der Waals surface area contributed by atoms with E-state index in [1.807, 2.05) is 24.4 Å². The Balaban J connectivity index is 1.50. The van der Waals surface area contributed by atoms with E-state index in [2.05, 4.69) is 19.9 Å². The van der Waals surface area contributed by atoms with Crippen LogP contribution in [0.4, 0.5) is 0 Å². The minimum Gasteiger partial charge on any atom is -0.380 e. The minimum atomic E-state index is 0.542. The molecule has 1 aliphatic rings. The van der Waals surface area contributed by atoms with E-state index in [1.54, 1.807) is 0 Å². The Kier molecular flexibility index (Phi) is 3.52. The van der Waals surface area contributed by atoms with Gasteiger partial charge in [0.05, 0.1) is 6.61 Å². The molecule has 1 unspecified atom stereocenters. The fourth-order valence-corrected chi connectivity index (χ4v) is 2.31. The second-order valence-electron chi connectivity index (χ2n) is 4.66. The minimum absolute atomic E-state index is 0.542. The van der Waals surface area contributed by atoms with Gasteiger partial charge in [0, 0.05) is 25.3 Å². The summed E-state index contributed by atoms with van der Waals surface area (Å²) in [5.74, 6) is 1.04. The standard InChI is InChI=1S/C13H18N4O/c1-2-8-17-12(4-1)15-16-13(17)5-3-7-14-11-6-9-18-10-11/h1-2,4,8,11,14H,3,5-7,9-10H2. The van der Waals surface area contributed by atoms with Crippen LogP contribution in [-0.4, -0.2) is 40.4 Å². The molecule has 1 aliphatic heterocycles. The zero-order valence-electron chi connectivity index (χ0n) is 10.4. The van der Waals surface area contributed by atoms with Crippen LogP contribution >= 0.6 is 0 Å². The van der Waals surface area contributed by atoms with Crippen molar-refractivity contribution in [3.63, 3.8) is 0 Å². The molecule has 0 spiro atoms. The van der Waals surface area contributed by atoms with Crippen molar-refractivity contribution in [3.05, 3.63) is 30.2 Å². The van der Waals surface area contributed by atoms with Crippen molar-refractivity contribution < 1.29 is 4.74 Å². The Bertz CT molecular complexity index is 504. The number of hydrogen-bond acceptors (Lipinski definition) is 4. The van der Waals surface area contributed by atoms with E-state index >= 15 is 0 Å². The van der Waals surface area contributed by atoms with Crippen LogP contribution in [0, 0.1) is 0 Å². The molecule has 5 heteroatoms. The van der Waals surface area contributed by atoms with E-state index in [0.29, 0.717) is 6.04 Å². The molecule has 2 aromatic heterocycles. The van der Waals surface area contributed by atoms with Gasteiger partial charge >= 0.3 is 0 Å². The zero-order valence-corrected chi connectivity index (χ0v) is 10.4. The quantitative estimate of drug-likeness (QED) is 0.801. The summed E-state index contributed by atoms with van der Waals surface area (Å²) < 4.78 is 7.38. The lowest BCUT2D eigenvalue weighted by Gasteiger charge is -2.09. The van der Waals surface area contributed by atoms with Gasteiger partial charge in [-0.15, -0.1) is 10.2 Å². The molecule has 3 rings (SSSR count). The van der Waals surface area contributed by atoms with E-state index < -0.39 is 0 Å². The van der Waals surface area contributed by atoms with Gasteiger partial charge in [-0.3, -0.25) is 4.40 Å². The Morgan fingerprint density at radius 1 is 1.39 bits per heavy atom. The highest BCUT2D eigenvalue weighted by Crippen LogP contribution is 2.06. The molecule has 0 radical (unpaired) electrons. The van der Waals surface area contributed by atoms with Crippen LogP contribution in [0.1, 0.15) is 18.7 Å². The number of ether oxygens (including phenoxy) is 1.